The highest BCUT2D eigenvalue weighted by atomic mass is 16.5. The standard InChI is InChI=1S/C16H24O2/c1-12(11-15(17)18-5)8-9-14-13(2)7-6-10-16(14,3)4/h8-9,11,14H,2,6-7,10H2,1,3-5H3. The lowest BCUT2D eigenvalue weighted by Crippen LogP contribution is -2.27. The largest absolute Gasteiger partial charge is 0.466 e. The third-order valence-electron chi connectivity index (χ3n) is 3.70. The molecule has 1 unspecified atom stereocenters. The van der Waals surface area contributed by atoms with Gasteiger partial charge in [0.1, 0.15) is 0 Å². The molecule has 2 heteroatoms. The molecular weight excluding hydrogens is 224 g/mol. The Balaban J connectivity index is 2.78. The molecule has 0 aromatic rings. The first-order valence-corrected chi connectivity index (χ1v) is 6.49. The van der Waals surface area contributed by atoms with Crippen molar-refractivity contribution in [1.82, 2.24) is 0 Å². The van der Waals surface area contributed by atoms with E-state index in [9.17, 15) is 4.79 Å². The van der Waals surface area contributed by atoms with Crippen LogP contribution >= 0.6 is 0 Å². The molecule has 0 heterocycles. The zero-order chi connectivity index (χ0) is 13.8. The van der Waals surface area contributed by atoms with Crippen molar-refractivity contribution in [3.05, 3.63) is 36.0 Å². The summed E-state index contributed by atoms with van der Waals surface area (Å²) >= 11 is 0. The van der Waals surface area contributed by atoms with Crippen molar-refractivity contribution in [1.29, 1.82) is 0 Å². The molecule has 0 amide bonds. The van der Waals surface area contributed by atoms with Crippen molar-refractivity contribution >= 4 is 5.97 Å². The SMILES string of the molecule is C=C1CCCC(C)(C)C1C=CC(C)=CC(=O)OC. The lowest BCUT2D eigenvalue weighted by molar-refractivity contribution is -0.134. The summed E-state index contributed by atoms with van der Waals surface area (Å²) in [5.41, 5.74) is 2.47. The second-order valence-corrected chi connectivity index (χ2v) is 5.75. The minimum Gasteiger partial charge on any atom is -0.466 e. The van der Waals surface area contributed by atoms with E-state index in [-0.39, 0.29) is 11.4 Å². The third-order valence-corrected chi connectivity index (χ3v) is 3.70. The van der Waals surface area contributed by atoms with Crippen LogP contribution in [-0.2, 0) is 9.53 Å². The fraction of sp³-hybridized carbons (Fsp3) is 0.562. The van der Waals surface area contributed by atoms with E-state index < -0.39 is 0 Å². The van der Waals surface area contributed by atoms with Gasteiger partial charge in [0.2, 0.25) is 0 Å². The molecule has 100 valence electrons. The van der Waals surface area contributed by atoms with E-state index in [1.165, 1.54) is 31.6 Å². The summed E-state index contributed by atoms with van der Waals surface area (Å²) in [5.74, 6) is 0.0890. The van der Waals surface area contributed by atoms with Gasteiger partial charge in [-0.25, -0.2) is 4.79 Å². The second-order valence-electron chi connectivity index (χ2n) is 5.75. The van der Waals surface area contributed by atoms with Crippen LogP contribution in [0.5, 0.6) is 0 Å². The highest BCUT2D eigenvalue weighted by molar-refractivity contribution is 5.83. The minimum absolute atomic E-state index is 0.261. The Hall–Kier alpha value is -1.31. The van der Waals surface area contributed by atoms with Gasteiger partial charge in [-0.2, -0.15) is 0 Å². The molecule has 0 N–H and O–H groups in total. The fourth-order valence-corrected chi connectivity index (χ4v) is 2.57. The summed E-state index contributed by atoms with van der Waals surface area (Å²) in [6, 6.07) is 0. The molecule has 1 atom stereocenters. The fourth-order valence-electron chi connectivity index (χ4n) is 2.57. The molecule has 1 aliphatic carbocycles. The molecule has 0 radical (unpaired) electrons. The predicted molar refractivity (Wildman–Crippen MR) is 75.2 cm³/mol. The van der Waals surface area contributed by atoms with Crippen LogP contribution in [-0.4, -0.2) is 13.1 Å². The molecule has 0 spiro atoms. The number of carbonyl (C=O) groups excluding carboxylic acids is 1. The maximum Gasteiger partial charge on any atom is 0.330 e. The zero-order valence-corrected chi connectivity index (χ0v) is 12.0. The molecule has 1 rings (SSSR count). The van der Waals surface area contributed by atoms with Crippen LogP contribution < -0.4 is 0 Å². The van der Waals surface area contributed by atoms with Gasteiger partial charge in [0.05, 0.1) is 7.11 Å². The number of allylic oxidation sites excluding steroid dienone is 4. The van der Waals surface area contributed by atoms with E-state index in [0.29, 0.717) is 5.92 Å². The average molecular weight is 248 g/mol. The van der Waals surface area contributed by atoms with Crippen LogP contribution in [0.4, 0.5) is 0 Å². The van der Waals surface area contributed by atoms with Gasteiger partial charge >= 0.3 is 5.97 Å². The van der Waals surface area contributed by atoms with Gasteiger partial charge in [-0.05, 0) is 37.2 Å². The van der Waals surface area contributed by atoms with Crippen molar-refractivity contribution in [3.8, 4) is 0 Å². The number of methoxy groups -OCH3 is 1. The highest BCUT2D eigenvalue weighted by Gasteiger charge is 2.32. The molecule has 0 aromatic heterocycles. The molecular formula is C16H24O2. The maximum absolute atomic E-state index is 11.1. The summed E-state index contributed by atoms with van der Waals surface area (Å²) in [7, 11) is 1.39. The average Bonchev–Trinajstić information content (AvgIpc) is 2.27. The highest BCUT2D eigenvalue weighted by Crippen LogP contribution is 2.43. The van der Waals surface area contributed by atoms with Crippen LogP contribution in [0.25, 0.3) is 0 Å². The Bertz CT molecular complexity index is 386. The predicted octanol–water partition coefficient (Wildman–Crippen LogP) is 4.04. The van der Waals surface area contributed by atoms with Crippen LogP contribution in [0.1, 0.15) is 40.0 Å². The normalized spacial score (nSPS) is 24.3. The van der Waals surface area contributed by atoms with E-state index in [1.807, 2.05) is 13.0 Å². The van der Waals surface area contributed by atoms with Gasteiger partial charge in [0, 0.05) is 12.0 Å². The van der Waals surface area contributed by atoms with Crippen molar-refractivity contribution in [2.45, 2.75) is 40.0 Å². The molecule has 2 nitrogen and oxygen atoms in total. The summed E-state index contributed by atoms with van der Waals surface area (Å²) in [6.07, 6.45) is 9.25. The van der Waals surface area contributed by atoms with E-state index >= 15 is 0 Å². The van der Waals surface area contributed by atoms with Crippen LogP contribution in [0.3, 0.4) is 0 Å². The van der Waals surface area contributed by atoms with E-state index in [2.05, 4.69) is 31.2 Å². The summed E-state index contributed by atoms with van der Waals surface area (Å²) in [5, 5.41) is 0. The zero-order valence-electron chi connectivity index (χ0n) is 12.0. The van der Waals surface area contributed by atoms with Gasteiger partial charge in [-0.15, -0.1) is 0 Å². The third kappa shape index (κ3) is 3.86. The molecule has 0 aliphatic heterocycles. The monoisotopic (exact) mass is 248 g/mol. The summed E-state index contributed by atoms with van der Waals surface area (Å²) < 4.78 is 4.61. The van der Waals surface area contributed by atoms with Gasteiger partial charge < -0.3 is 4.74 Å². The maximum atomic E-state index is 11.1. The Morgan fingerprint density at radius 3 is 2.72 bits per heavy atom. The Labute approximate surface area is 110 Å². The van der Waals surface area contributed by atoms with E-state index in [0.717, 1.165) is 12.0 Å². The first-order chi connectivity index (χ1) is 8.36. The molecule has 1 aliphatic rings. The molecule has 1 fully saturated rings. The van der Waals surface area contributed by atoms with Gasteiger partial charge in [0.15, 0.2) is 0 Å². The number of esters is 1. The number of carbonyl (C=O) groups is 1. The number of hydrogen-bond acceptors (Lipinski definition) is 2. The van der Waals surface area contributed by atoms with Crippen molar-refractivity contribution in [2.24, 2.45) is 11.3 Å². The van der Waals surface area contributed by atoms with Crippen LogP contribution in [0.2, 0.25) is 0 Å². The lowest BCUT2D eigenvalue weighted by atomic mass is 9.66. The van der Waals surface area contributed by atoms with Gasteiger partial charge in [-0.1, -0.05) is 38.2 Å². The number of hydrogen-bond donors (Lipinski definition) is 0. The van der Waals surface area contributed by atoms with E-state index in [4.69, 9.17) is 0 Å². The van der Waals surface area contributed by atoms with Crippen molar-refractivity contribution in [2.75, 3.05) is 7.11 Å². The molecule has 0 bridgehead atoms. The second kappa shape index (κ2) is 6.03. The Kier molecular flexibility index (Phi) is 4.94. The first kappa shape index (κ1) is 14.7. The summed E-state index contributed by atoms with van der Waals surface area (Å²) in [4.78, 5) is 11.1. The van der Waals surface area contributed by atoms with E-state index in [1.54, 1.807) is 0 Å². The van der Waals surface area contributed by atoms with Crippen molar-refractivity contribution < 1.29 is 9.53 Å². The molecule has 0 saturated heterocycles. The van der Waals surface area contributed by atoms with Crippen LogP contribution in [0.15, 0.2) is 36.0 Å². The lowest BCUT2D eigenvalue weighted by Gasteiger charge is -2.38. The minimum atomic E-state index is -0.307. The quantitative estimate of drug-likeness (QED) is 0.326. The van der Waals surface area contributed by atoms with Gasteiger partial charge in [0.25, 0.3) is 0 Å². The number of ether oxygens (including phenoxy) is 1. The number of rotatable bonds is 3. The molecule has 1 saturated carbocycles. The Morgan fingerprint density at radius 2 is 2.17 bits per heavy atom. The van der Waals surface area contributed by atoms with Gasteiger partial charge in [-0.3, -0.25) is 0 Å². The molecule has 18 heavy (non-hydrogen) atoms. The summed E-state index contributed by atoms with van der Waals surface area (Å²) in [6.45, 7) is 10.7. The topological polar surface area (TPSA) is 26.3 Å². The van der Waals surface area contributed by atoms with Crippen LogP contribution in [0, 0.1) is 11.3 Å². The molecule has 0 aromatic carbocycles. The Morgan fingerprint density at radius 1 is 1.50 bits per heavy atom. The van der Waals surface area contributed by atoms with Crippen molar-refractivity contribution in [3.63, 3.8) is 0 Å². The first-order valence-electron chi connectivity index (χ1n) is 6.49. The smallest absolute Gasteiger partial charge is 0.330 e.